The number of carbonyl (C=O) groups excluding carboxylic acids is 1. The normalized spacial score (nSPS) is 15.9. The standard InChI is InChI=1S/C16H34N2O2/c1-7-14(3)13-18(8-2)12-10-9-11-16(4,17-5)15(19)20-6/h14,17H,7-13H2,1-6H3. The van der Waals surface area contributed by atoms with Crippen molar-refractivity contribution in [2.24, 2.45) is 5.92 Å². The fourth-order valence-electron chi connectivity index (χ4n) is 2.32. The maximum atomic E-state index is 11.7. The summed E-state index contributed by atoms with van der Waals surface area (Å²) in [5.41, 5.74) is -0.553. The second kappa shape index (κ2) is 10.2. The van der Waals surface area contributed by atoms with Crippen LogP contribution in [0.2, 0.25) is 0 Å². The van der Waals surface area contributed by atoms with Crippen LogP contribution in [0.25, 0.3) is 0 Å². The van der Waals surface area contributed by atoms with Gasteiger partial charge < -0.3 is 15.0 Å². The minimum absolute atomic E-state index is 0.174. The molecule has 0 fully saturated rings. The summed E-state index contributed by atoms with van der Waals surface area (Å²) in [5.74, 6) is 0.583. The van der Waals surface area contributed by atoms with Crippen LogP contribution in [0.3, 0.4) is 0 Å². The predicted molar refractivity (Wildman–Crippen MR) is 84.9 cm³/mol. The van der Waals surface area contributed by atoms with Crippen LogP contribution in [0.4, 0.5) is 0 Å². The van der Waals surface area contributed by atoms with E-state index in [2.05, 4.69) is 31.0 Å². The van der Waals surface area contributed by atoms with Gasteiger partial charge in [-0.05, 0) is 52.2 Å². The molecule has 0 spiro atoms. The van der Waals surface area contributed by atoms with Gasteiger partial charge in [0.1, 0.15) is 5.54 Å². The minimum atomic E-state index is -0.553. The first-order valence-electron chi connectivity index (χ1n) is 7.93. The molecule has 0 saturated heterocycles. The summed E-state index contributed by atoms with van der Waals surface area (Å²) in [6, 6.07) is 0. The number of carbonyl (C=O) groups is 1. The number of likely N-dealkylation sites (N-methyl/N-ethyl adjacent to an activating group) is 1. The van der Waals surface area contributed by atoms with Gasteiger partial charge in [-0.25, -0.2) is 0 Å². The SMILES string of the molecule is CCC(C)CN(CC)CCCCC(C)(NC)C(=O)OC. The lowest BCUT2D eigenvalue weighted by Crippen LogP contribution is -2.48. The molecule has 1 N–H and O–H groups in total. The summed E-state index contributed by atoms with van der Waals surface area (Å²) < 4.78 is 4.86. The Labute approximate surface area is 125 Å². The van der Waals surface area contributed by atoms with E-state index < -0.39 is 5.54 Å². The van der Waals surface area contributed by atoms with Crippen LogP contribution in [0.5, 0.6) is 0 Å². The molecule has 0 rings (SSSR count). The van der Waals surface area contributed by atoms with Gasteiger partial charge in [0.05, 0.1) is 7.11 Å². The lowest BCUT2D eigenvalue weighted by atomic mass is 9.95. The smallest absolute Gasteiger partial charge is 0.325 e. The van der Waals surface area contributed by atoms with Crippen molar-refractivity contribution in [3.8, 4) is 0 Å². The van der Waals surface area contributed by atoms with Crippen molar-refractivity contribution >= 4 is 5.97 Å². The van der Waals surface area contributed by atoms with Gasteiger partial charge in [-0.1, -0.05) is 27.2 Å². The van der Waals surface area contributed by atoms with E-state index >= 15 is 0 Å². The molecule has 2 unspecified atom stereocenters. The highest BCUT2D eigenvalue weighted by atomic mass is 16.5. The third kappa shape index (κ3) is 6.71. The van der Waals surface area contributed by atoms with E-state index in [1.54, 1.807) is 0 Å². The number of esters is 1. The van der Waals surface area contributed by atoms with E-state index in [-0.39, 0.29) is 5.97 Å². The van der Waals surface area contributed by atoms with E-state index in [0.29, 0.717) is 0 Å². The lowest BCUT2D eigenvalue weighted by molar-refractivity contribution is -0.148. The number of hydrogen-bond acceptors (Lipinski definition) is 4. The largest absolute Gasteiger partial charge is 0.468 e. The van der Waals surface area contributed by atoms with Crippen molar-refractivity contribution in [1.29, 1.82) is 0 Å². The van der Waals surface area contributed by atoms with Crippen molar-refractivity contribution in [3.05, 3.63) is 0 Å². The Hall–Kier alpha value is -0.610. The van der Waals surface area contributed by atoms with E-state index in [0.717, 1.165) is 38.3 Å². The molecule has 0 aromatic rings. The Bertz CT molecular complexity index is 271. The van der Waals surface area contributed by atoms with Crippen molar-refractivity contribution in [2.45, 2.75) is 58.9 Å². The Morgan fingerprint density at radius 1 is 1.35 bits per heavy atom. The fourth-order valence-corrected chi connectivity index (χ4v) is 2.32. The number of rotatable bonds is 11. The molecular formula is C16H34N2O2. The molecule has 20 heavy (non-hydrogen) atoms. The zero-order valence-electron chi connectivity index (χ0n) is 14.3. The molecule has 0 amide bonds. The second-order valence-corrected chi connectivity index (χ2v) is 5.94. The van der Waals surface area contributed by atoms with Crippen LogP contribution in [-0.2, 0) is 9.53 Å². The second-order valence-electron chi connectivity index (χ2n) is 5.94. The van der Waals surface area contributed by atoms with Gasteiger partial charge >= 0.3 is 5.97 Å². The maximum absolute atomic E-state index is 11.7. The van der Waals surface area contributed by atoms with Crippen LogP contribution >= 0.6 is 0 Å². The van der Waals surface area contributed by atoms with Crippen LogP contribution in [0.1, 0.15) is 53.4 Å². The molecule has 0 saturated carbocycles. The molecule has 0 aromatic carbocycles. The molecule has 0 bridgehead atoms. The predicted octanol–water partition coefficient (Wildman–Crippen LogP) is 2.68. The Morgan fingerprint density at radius 2 is 2.00 bits per heavy atom. The highest BCUT2D eigenvalue weighted by molar-refractivity contribution is 5.80. The number of nitrogens with zero attached hydrogens (tertiary/aromatic N) is 1. The van der Waals surface area contributed by atoms with E-state index in [9.17, 15) is 4.79 Å². The first kappa shape index (κ1) is 19.4. The van der Waals surface area contributed by atoms with E-state index in [4.69, 9.17) is 4.74 Å². The van der Waals surface area contributed by atoms with Gasteiger partial charge in [-0.2, -0.15) is 0 Å². The fraction of sp³-hybridized carbons (Fsp3) is 0.938. The molecule has 120 valence electrons. The third-order valence-electron chi connectivity index (χ3n) is 4.30. The maximum Gasteiger partial charge on any atom is 0.325 e. The van der Waals surface area contributed by atoms with E-state index in [1.807, 2.05) is 14.0 Å². The molecule has 0 aromatic heterocycles. The zero-order valence-corrected chi connectivity index (χ0v) is 14.3. The first-order chi connectivity index (χ1) is 9.43. The van der Waals surface area contributed by atoms with Crippen molar-refractivity contribution in [2.75, 3.05) is 33.8 Å². The number of hydrogen-bond donors (Lipinski definition) is 1. The van der Waals surface area contributed by atoms with Gasteiger partial charge in [-0.3, -0.25) is 4.79 Å². The Kier molecular flexibility index (Phi) is 9.86. The Balaban J connectivity index is 4.07. The first-order valence-corrected chi connectivity index (χ1v) is 7.93. The summed E-state index contributed by atoms with van der Waals surface area (Å²) in [6.45, 7) is 12.1. The highest BCUT2D eigenvalue weighted by Crippen LogP contribution is 2.16. The average molecular weight is 286 g/mol. The zero-order chi connectivity index (χ0) is 15.6. The summed E-state index contributed by atoms with van der Waals surface area (Å²) in [6.07, 6.45) is 4.20. The summed E-state index contributed by atoms with van der Waals surface area (Å²) >= 11 is 0. The van der Waals surface area contributed by atoms with Gasteiger partial charge in [0.2, 0.25) is 0 Å². The van der Waals surface area contributed by atoms with E-state index in [1.165, 1.54) is 20.1 Å². The van der Waals surface area contributed by atoms with Crippen LogP contribution in [0, 0.1) is 5.92 Å². The molecule has 0 heterocycles. The third-order valence-corrected chi connectivity index (χ3v) is 4.30. The monoisotopic (exact) mass is 286 g/mol. The topological polar surface area (TPSA) is 41.6 Å². The highest BCUT2D eigenvalue weighted by Gasteiger charge is 2.31. The molecule has 0 aliphatic rings. The van der Waals surface area contributed by atoms with Gasteiger partial charge in [0.25, 0.3) is 0 Å². The van der Waals surface area contributed by atoms with Crippen LogP contribution in [-0.4, -0.2) is 50.2 Å². The molecule has 2 atom stereocenters. The van der Waals surface area contributed by atoms with Gasteiger partial charge in [0.15, 0.2) is 0 Å². The van der Waals surface area contributed by atoms with Crippen molar-refractivity contribution in [1.82, 2.24) is 10.2 Å². The van der Waals surface area contributed by atoms with Crippen LogP contribution < -0.4 is 5.32 Å². The molecule has 4 heteroatoms. The molecule has 0 radical (unpaired) electrons. The van der Waals surface area contributed by atoms with Crippen LogP contribution in [0.15, 0.2) is 0 Å². The van der Waals surface area contributed by atoms with Gasteiger partial charge in [0, 0.05) is 6.54 Å². The number of methoxy groups -OCH3 is 1. The quantitative estimate of drug-likeness (QED) is 0.468. The van der Waals surface area contributed by atoms with Gasteiger partial charge in [-0.15, -0.1) is 0 Å². The minimum Gasteiger partial charge on any atom is -0.468 e. The molecule has 4 nitrogen and oxygen atoms in total. The summed E-state index contributed by atoms with van der Waals surface area (Å²) in [7, 11) is 3.26. The summed E-state index contributed by atoms with van der Waals surface area (Å²) in [5, 5.41) is 3.08. The number of unbranched alkanes of at least 4 members (excludes halogenated alkanes) is 1. The lowest BCUT2D eigenvalue weighted by Gasteiger charge is -2.27. The summed E-state index contributed by atoms with van der Waals surface area (Å²) in [4.78, 5) is 14.2. The average Bonchev–Trinajstić information content (AvgIpc) is 2.48. The van der Waals surface area contributed by atoms with Crippen molar-refractivity contribution < 1.29 is 9.53 Å². The number of ether oxygens (including phenoxy) is 1. The number of nitrogens with one attached hydrogen (secondary N) is 1. The molecule has 0 aliphatic heterocycles. The molecular weight excluding hydrogens is 252 g/mol. The molecule has 0 aliphatic carbocycles. The van der Waals surface area contributed by atoms with Crippen molar-refractivity contribution in [3.63, 3.8) is 0 Å². The Morgan fingerprint density at radius 3 is 2.45 bits per heavy atom.